The molecule has 0 heterocycles. The molecule has 0 aliphatic rings. The number of rotatable bonds is 8. The van der Waals surface area contributed by atoms with Crippen molar-refractivity contribution in [2.75, 3.05) is 13.1 Å². The maximum atomic E-state index is 11.9. The summed E-state index contributed by atoms with van der Waals surface area (Å²) in [4.78, 5) is 24.4. The number of hydrogen-bond donors (Lipinski definition) is 2. The zero-order chi connectivity index (χ0) is 17.4. The van der Waals surface area contributed by atoms with Crippen LogP contribution in [0.3, 0.4) is 0 Å². The maximum Gasteiger partial charge on any atom is 0.407 e. The number of carbonyl (C=O) groups is 2. The molecule has 0 unspecified atom stereocenters. The number of carbonyl (C=O) groups excluding carboxylic acids is 1. The Morgan fingerprint density at radius 2 is 1.78 bits per heavy atom. The Hall–Kier alpha value is -2.04. The first-order chi connectivity index (χ1) is 10.8. The number of carboxylic acid groups (broad SMARTS) is 1. The fraction of sp³-hybridized carbons (Fsp3) is 0.556. The van der Waals surface area contributed by atoms with Gasteiger partial charge in [-0.1, -0.05) is 36.8 Å². The van der Waals surface area contributed by atoms with Crippen LogP contribution in [-0.4, -0.2) is 41.1 Å². The lowest BCUT2D eigenvalue weighted by Crippen LogP contribution is -2.40. The zero-order valence-corrected chi connectivity index (χ0v) is 14.5. The molecule has 1 atom stereocenters. The molecule has 1 aromatic carbocycles. The summed E-state index contributed by atoms with van der Waals surface area (Å²) in [6.45, 7) is 8.59. The second kappa shape index (κ2) is 9.18. The van der Waals surface area contributed by atoms with Crippen LogP contribution < -0.4 is 5.32 Å². The quantitative estimate of drug-likeness (QED) is 0.773. The summed E-state index contributed by atoms with van der Waals surface area (Å²) in [5.74, 6) is -0.0356. The summed E-state index contributed by atoms with van der Waals surface area (Å²) in [7, 11) is 0. The topological polar surface area (TPSA) is 69.6 Å². The molecule has 5 heteroatoms. The van der Waals surface area contributed by atoms with Crippen molar-refractivity contribution in [3.05, 3.63) is 35.4 Å². The van der Waals surface area contributed by atoms with Gasteiger partial charge in [0.15, 0.2) is 0 Å². The summed E-state index contributed by atoms with van der Waals surface area (Å²) in [5.41, 5.74) is 2.42. The molecule has 0 saturated carbocycles. The van der Waals surface area contributed by atoms with Crippen molar-refractivity contribution in [2.24, 2.45) is 5.92 Å². The van der Waals surface area contributed by atoms with E-state index in [0.717, 1.165) is 6.42 Å². The number of nitrogens with zero attached hydrogens (tertiary/aromatic N) is 1. The van der Waals surface area contributed by atoms with Gasteiger partial charge in [0.1, 0.15) is 0 Å². The highest BCUT2D eigenvalue weighted by molar-refractivity contribution is 5.76. The van der Waals surface area contributed by atoms with Crippen molar-refractivity contribution in [3.63, 3.8) is 0 Å². The van der Waals surface area contributed by atoms with Gasteiger partial charge in [0.2, 0.25) is 5.91 Å². The summed E-state index contributed by atoms with van der Waals surface area (Å²) in [6, 6.07) is 8.17. The fourth-order valence-corrected chi connectivity index (χ4v) is 2.40. The SMILES string of the molecule is Cc1ccc(CCNC(=O)C[C@H](C)CN(C(=O)O)C(C)C)cc1. The van der Waals surface area contributed by atoms with Crippen LogP contribution in [0.25, 0.3) is 0 Å². The molecule has 1 rings (SSSR count). The minimum atomic E-state index is -0.938. The molecule has 1 aromatic rings. The Bertz CT molecular complexity index is 512. The highest BCUT2D eigenvalue weighted by Crippen LogP contribution is 2.09. The molecule has 0 spiro atoms. The van der Waals surface area contributed by atoms with E-state index in [4.69, 9.17) is 5.11 Å². The van der Waals surface area contributed by atoms with Crippen molar-refractivity contribution in [2.45, 2.75) is 46.6 Å². The number of hydrogen-bond acceptors (Lipinski definition) is 2. The molecule has 0 saturated heterocycles. The van der Waals surface area contributed by atoms with Crippen molar-refractivity contribution in [1.29, 1.82) is 0 Å². The molecule has 0 aliphatic heterocycles. The minimum Gasteiger partial charge on any atom is -0.465 e. The third kappa shape index (κ3) is 7.17. The highest BCUT2D eigenvalue weighted by Gasteiger charge is 2.19. The average molecular weight is 320 g/mol. The lowest BCUT2D eigenvalue weighted by molar-refractivity contribution is -0.122. The number of benzene rings is 1. The smallest absolute Gasteiger partial charge is 0.407 e. The van der Waals surface area contributed by atoms with Gasteiger partial charge in [-0.15, -0.1) is 0 Å². The van der Waals surface area contributed by atoms with Gasteiger partial charge >= 0.3 is 6.09 Å². The Morgan fingerprint density at radius 3 is 2.30 bits per heavy atom. The lowest BCUT2D eigenvalue weighted by Gasteiger charge is -2.26. The van der Waals surface area contributed by atoms with Crippen LogP contribution in [0.4, 0.5) is 4.79 Å². The molecular formula is C18H28N2O3. The predicted octanol–water partition coefficient (Wildman–Crippen LogP) is 3.07. The van der Waals surface area contributed by atoms with Crippen LogP contribution in [0.5, 0.6) is 0 Å². The first-order valence-electron chi connectivity index (χ1n) is 8.11. The third-order valence-electron chi connectivity index (χ3n) is 3.77. The second-order valence-corrected chi connectivity index (χ2v) is 6.42. The van der Waals surface area contributed by atoms with E-state index in [-0.39, 0.29) is 17.9 Å². The Morgan fingerprint density at radius 1 is 1.17 bits per heavy atom. The second-order valence-electron chi connectivity index (χ2n) is 6.42. The normalized spacial score (nSPS) is 12.0. The minimum absolute atomic E-state index is 0.00660. The molecule has 5 nitrogen and oxygen atoms in total. The molecule has 0 aromatic heterocycles. The van der Waals surface area contributed by atoms with Crippen LogP contribution >= 0.6 is 0 Å². The van der Waals surface area contributed by atoms with Gasteiger partial charge in [-0.05, 0) is 38.7 Å². The van der Waals surface area contributed by atoms with E-state index in [1.54, 1.807) is 0 Å². The monoisotopic (exact) mass is 320 g/mol. The first kappa shape index (κ1) is 19.0. The Labute approximate surface area is 138 Å². The first-order valence-corrected chi connectivity index (χ1v) is 8.11. The lowest BCUT2D eigenvalue weighted by atomic mass is 10.1. The van der Waals surface area contributed by atoms with Crippen molar-refractivity contribution < 1.29 is 14.7 Å². The van der Waals surface area contributed by atoms with Crippen LogP contribution in [0.1, 0.15) is 38.3 Å². The van der Waals surface area contributed by atoms with Crippen molar-refractivity contribution >= 4 is 12.0 Å². The van der Waals surface area contributed by atoms with Crippen molar-refractivity contribution in [1.82, 2.24) is 10.2 Å². The molecule has 2 N–H and O–H groups in total. The van der Waals surface area contributed by atoms with Gasteiger partial charge < -0.3 is 15.3 Å². The van der Waals surface area contributed by atoms with Crippen LogP contribution in [0, 0.1) is 12.8 Å². The molecular weight excluding hydrogens is 292 g/mol. The molecule has 0 radical (unpaired) electrons. The standard InChI is InChI=1S/C18H28N2O3/c1-13(2)20(18(22)23)12-15(4)11-17(21)19-10-9-16-7-5-14(3)6-8-16/h5-8,13,15H,9-12H2,1-4H3,(H,19,21)(H,22,23)/t15-/m0/s1. The van der Waals surface area contributed by atoms with Crippen LogP contribution in [-0.2, 0) is 11.2 Å². The molecule has 23 heavy (non-hydrogen) atoms. The third-order valence-corrected chi connectivity index (χ3v) is 3.77. The van der Waals surface area contributed by atoms with E-state index < -0.39 is 6.09 Å². The molecule has 0 bridgehead atoms. The van der Waals surface area contributed by atoms with Gasteiger partial charge in [-0.2, -0.15) is 0 Å². The van der Waals surface area contributed by atoms with Crippen LogP contribution in [0.15, 0.2) is 24.3 Å². The number of nitrogens with one attached hydrogen (secondary N) is 1. The Balaban J connectivity index is 2.32. The maximum absolute atomic E-state index is 11.9. The van der Waals surface area contributed by atoms with Gasteiger partial charge in [-0.25, -0.2) is 4.79 Å². The van der Waals surface area contributed by atoms with E-state index in [9.17, 15) is 9.59 Å². The van der Waals surface area contributed by atoms with E-state index in [0.29, 0.717) is 19.5 Å². The summed E-state index contributed by atoms with van der Waals surface area (Å²) < 4.78 is 0. The fourth-order valence-electron chi connectivity index (χ4n) is 2.40. The molecule has 128 valence electrons. The van der Waals surface area contributed by atoms with E-state index in [1.807, 2.05) is 27.7 Å². The highest BCUT2D eigenvalue weighted by atomic mass is 16.4. The zero-order valence-electron chi connectivity index (χ0n) is 14.5. The number of aryl methyl sites for hydroxylation is 1. The van der Waals surface area contributed by atoms with Gasteiger partial charge in [0.05, 0.1) is 0 Å². The molecule has 0 aliphatic carbocycles. The van der Waals surface area contributed by atoms with Gasteiger partial charge in [0.25, 0.3) is 0 Å². The Kier molecular flexibility index (Phi) is 7.59. The van der Waals surface area contributed by atoms with E-state index >= 15 is 0 Å². The van der Waals surface area contributed by atoms with E-state index in [1.165, 1.54) is 16.0 Å². The van der Waals surface area contributed by atoms with Gasteiger partial charge in [-0.3, -0.25) is 4.79 Å². The van der Waals surface area contributed by atoms with Gasteiger partial charge in [0, 0.05) is 25.6 Å². The van der Waals surface area contributed by atoms with Crippen molar-refractivity contribution in [3.8, 4) is 0 Å². The molecule has 2 amide bonds. The number of amides is 2. The summed E-state index contributed by atoms with van der Waals surface area (Å²) >= 11 is 0. The predicted molar refractivity (Wildman–Crippen MR) is 91.5 cm³/mol. The average Bonchev–Trinajstić information content (AvgIpc) is 2.46. The van der Waals surface area contributed by atoms with E-state index in [2.05, 4.69) is 29.6 Å². The summed E-state index contributed by atoms with van der Waals surface area (Å²) in [6.07, 6.45) is 0.199. The van der Waals surface area contributed by atoms with Crippen LogP contribution in [0.2, 0.25) is 0 Å². The summed E-state index contributed by atoms with van der Waals surface area (Å²) in [5, 5.41) is 12.0. The largest absolute Gasteiger partial charge is 0.465 e. The molecule has 0 fully saturated rings.